The molecule has 0 aliphatic heterocycles. The maximum Gasteiger partial charge on any atom is 0.310 e. The van der Waals surface area contributed by atoms with Gasteiger partial charge in [0.25, 0.3) is 0 Å². The highest BCUT2D eigenvalue weighted by Crippen LogP contribution is 2.17. The number of rotatable bonds is 7. The Morgan fingerprint density at radius 3 is 2.72 bits per heavy atom. The van der Waals surface area contributed by atoms with Gasteiger partial charge < -0.3 is 15.0 Å². The first-order valence-corrected chi connectivity index (χ1v) is 6.86. The van der Waals surface area contributed by atoms with Crippen LogP contribution >= 0.6 is 11.3 Å². The summed E-state index contributed by atoms with van der Waals surface area (Å²) in [5.74, 6) is -0.183. The Kier molecular flexibility index (Phi) is 6.32. The summed E-state index contributed by atoms with van der Waals surface area (Å²) in [5.41, 5.74) is 0. The summed E-state index contributed by atoms with van der Waals surface area (Å²) < 4.78 is 4.65. The van der Waals surface area contributed by atoms with Crippen LogP contribution in [-0.2, 0) is 22.5 Å². The lowest BCUT2D eigenvalue weighted by atomic mass is 10.3. The van der Waals surface area contributed by atoms with E-state index in [0.717, 1.165) is 18.0 Å². The van der Waals surface area contributed by atoms with Crippen molar-refractivity contribution in [2.75, 3.05) is 27.7 Å². The molecule has 4 nitrogen and oxygen atoms in total. The van der Waals surface area contributed by atoms with Crippen LogP contribution in [0.2, 0.25) is 0 Å². The maximum absolute atomic E-state index is 11.1. The molecule has 0 saturated carbocycles. The lowest BCUT2D eigenvalue weighted by Gasteiger charge is -2.19. The van der Waals surface area contributed by atoms with Crippen LogP contribution in [0.25, 0.3) is 0 Å². The van der Waals surface area contributed by atoms with Crippen molar-refractivity contribution in [2.45, 2.75) is 25.9 Å². The Morgan fingerprint density at radius 1 is 1.44 bits per heavy atom. The van der Waals surface area contributed by atoms with Gasteiger partial charge in [0.1, 0.15) is 0 Å². The third kappa shape index (κ3) is 5.16. The van der Waals surface area contributed by atoms with E-state index < -0.39 is 0 Å². The van der Waals surface area contributed by atoms with E-state index in [0.29, 0.717) is 12.5 Å². The van der Waals surface area contributed by atoms with E-state index in [1.807, 2.05) is 6.07 Å². The van der Waals surface area contributed by atoms with E-state index >= 15 is 0 Å². The molecular weight excluding hydrogens is 248 g/mol. The first-order chi connectivity index (χ1) is 8.52. The molecule has 0 aliphatic rings. The summed E-state index contributed by atoms with van der Waals surface area (Å²) in [5, 5.41) is 3.42. The quantitative estimate of drug-likeness (QED) is 0.763. The molecule has 0 aromatic carbocycles. The number of methoxy groups -OCH3 is 1. The van der Waals surface area contributed by atoms with Crippen molar-refractivity contribution >= 4 is 17.3 Å². The summed E-state index contributed by atoms with van der Waals surface area (Å²) in [6.45, 7) is 3.99. The highest BCUT2D eigenvalue weighted by atomic mass is 32.1. The molecule has 0 radical (unpaired) electrons. The number of ether oxygens (including phenoxy) is 1. The fraction of sp³-hybridized carbons (Fsp3) is 0.615. The lowest BCUT2D eigenvalue weighted by Crippen LogP contribution is -2.34. The number of hydrogen-bond donors (Lipinski definition) is 1. The molecule has 1 rings (SSSR count). The van der Waals surface area contributed by atoms with Gasteiger partial charge in [0.05, 0.1) is 13.5 Å². The van der Waals surface area contributed by atoms with Crippen molar-refractivity contribution in [3.8, 4) is 0 Å². The van der Waals surface area contributed by atoms with Crippen LogP contribution in [-0.4, -0.2) is 44.7 Å². The molecule has 0 amide bonds. The van der Waals surface area contributed by atoms with Gasteiger partial charge in [-0.3, -0.25) is 4.79 Å². The number of nitrogens with one attached hydrogen (secondary N) is 1. The summed E-state index contributed by atoms with van der Waals surface area (Å²) in [6.07, 6.45) is 0.370. The van der Waals surface area contributed by atoms with Gasteiger partial charge >= 0.3 is 5.97 Å². The fourth-order valence-corrected chi connectivity index (χ4v) is 2.39. The molecule has 1 heterocycles. The highest BCUT2D eigenvalue weighted by Gasteiger charge is 2.07. The van der Waals surface area contributed by atoms with Crippen molar-refractivity contribution in [3.05, 3.63) is 21.9 Å². The van der Waals surface area contributed by atoms with Crippen LogP contribution in [0.4, 0.5) is 0 Å². The molecule has 0 fully saturated rings. The van der Waals surface area contributed by atoms with E-state index in [-0.39, 0.29) is 5.97 Å². The number of likely N-dealkylation sites (N-methyl/N-ethyl adjacent to an activating group) is 1. The number of hydrogen-bond acceptors (Lipinski definition) is 5. The van der Waals surface area contributed by atoms with Gasteiger partial charge in [-0.1, -0.05) is 0 Å². The molecule has 1 atom stereocenters. The molecular formula is C13H22N2O2S. The normalized spacial score (nSPS) is 12.7. The number of thiophene rings is 1. The maximum atomic E-state index is 11.1. The topological polar surface area (TPSA) is 41.6 Å². The summed E-state index contributed by atoms with van der Waals surface area (Å²) >= 11 is 1.66. The van der Waals surface area contributed by atoms with E-state index in [4.69, 9.17) is 0 Å². The van der Waals surface area contributed by atoms with Crippen LogP contribution < -0.4 is 5.32 Å². The lowest BCUT2D eigenvalue weighted by molar-refractivity contribution is -0.139. The molecule has 0 saturated heterocycles. The molecule has 18 heavy (non-hydrogen) atoms. The second kappa shape index (κ2) is 7.51. The minimum Gasteiger partial charge on any atom is -0.469 e. The standard InChI is InChI=1S/C13H22N2O2S/c1-10(15(2)3)8-14-9-12-6-5-11(18-12)7-13(16)17-4/h5-6,10,14H,7-9H2,1-4H3. The summed E-state index contributed by atoms with van der Waals surface area (Å²) in [6, 6.07) is 4.57. The largest absolute Gasteiger partial charge is 0.469 e. The molecule has 0 aliphatic carbocycles. The zero-order valence-electron chi connectivity index (χ0n) is 11.5. The number of carbonyl (C=O) groups excluding carboxylic acids is 1. The van der Waals surface area contributed by atoms with Crippen LogP contribution in [0.3, 0.4) is 0 Å². The van der Waals surface area contributed by atoms with Crippen LogP contribution in [0.15, 0.2) is 12.1 Å². The molecule has 0 bridgehead atoms. The molecule has 5 heteroatoms. The molecule has 102 valence electrons. The molecule has 1 aromatic heterocycles. The fourth-order valence-electron chi connectivity index (χ4n) is 1.41. The molecule has 1 aromatic rings. The smallest absolute Gasteiger partial charge is 0.310 e. The average Bonchev–Trinajstić information content (AvgIpc) is 2.76. The second-order valence-corrected chi connectivity index (χ2v) is 5.82. The van der Waals surface area contributed by atoms with Gasteiger partial charge in [-0.05, 0) is 33.2 Å². The first-order valence-electron chi connectivity index (χ1n) is 6.04. The van der Waals surface area contributed by atoms with Gasteiger partial charge in [0, 0.05) is 28.9 Å². The molecule has 1 unspecified atom stereocenters. The van der Waals surface area contributed by atoms with Crippen molar-refractivity contribution in [1.29, 1.82) is 0 Å². The predicted molar refractivity (Wildman–Crippen MR) is 74.9 cm³/mol. The Labute approximate surface area is 113 Å². The molecule has 1 N–H and O–H groups in total. The zero-order valence-corrected chi connectivity index (χ0v) is 12.3. The Hall–Kier alpha value is -0.910. The van der Waals surface area contributed by atoms with Gasteiger partial charge in [-0.15, -0.1) is 11.3 Å². The summed E-state index contributed by atoms with van der Waals surface area (Å²) in [4.78, 5) is 15.6. The van der Waals surface area contributed by atoms with Gasteiger partial charge in [-0.2, -0.15) is 0 Å². The Balaban J connectivity index is 2.33. The van der Waals surface area contributed by atoms with Gasteiger partial charge in [-0.25, -0.2) is 0 Å². The number of esters is 1. The SMILES string of the molecule is COC(=O)Cc1ccc(CNCC(C)N(C)C)s1. The predicted octanol–water partition coefficient (Wildman–Crippen LogP) is 1.50. The Morgan fingerprint density at radius 2 is 2.11 bits per heavy atom. The molecule has 0 spiro atoms. The van der Waals surface area contributed by atoms with E-state index in [1.165, 1.54) is 12.0 Å². The van der Waals surface area contributed by atoms with Crippen molar-refractivity contribution in [3.63, 3.8) is 0 Å². The van der Waals surface area contributed by atoms with E-state index in [2.05, 4.69) is 42.0 Å². The third-order valence-corrected chi connectivity index (χ3v) is 3.97. The van der Waals surface area contributed by atoms with E-state index in [1.54, 1.807) is 11.3 Å². The Bertz CT molecular complexity index is 377. The van der Waals surface area contributed by atoms with Gasteiger partial charge in [0.15, 0.2) is 0 Å². The van der Waals surface area contributed by atoms with Crippen molar-refractivity contribution in [2.24, 2.45) is 0 Å². The number of carbonyl (C=O) groups is 1. The highest BCUT2D eigenvalue weighted by molar-refractivity contribution is 7.12. The van der Waals surface area contributed by atoms with Crippen LogP contribution in [0, 0.1) is 0 Å². The zero-order chi connectivity index (χ0) is 13.5. The van der Waals surface area contributed by atoms with Crippen molar-refractivity contribution < 1.29 is 9.53 Å². The van der Waals surface area contributed by atoms with Crippen molar-refractivity contribution in [1.82, 2.24) is 10.2 Å². The minimum absolute atomic E-state index is 0.183. The third-order valence-electron chi connectivity index (χ3n) is 2.88. The van der Waals surface area contributed by atoms with Crippen LogP contribution in [0.5, 0.6) is 0 Å². The second-order valence-electron chi connectivity index (χ2n) is 4.56. The summed E-state index contributed by atoms with van der Waals surface area (Å²) in [7, 11) is 5.57. The minimum atomic E-state index is -0.183. The average molecular weight is 270 g/mol. The van der Waals surface area contributed by atoms with Gasteiger partial charge in [0.2, 0.25) is 0 Å². The van der Waals surface area contributed by atoms with Crippen LogP contribution in [0.1, 0.15) is 16.7 Å². The monoisotopic (exact) mass is 270 g/mol. The first kappa shape index (κ1) is 15.1. The number of nitrogens with zero attached hydrogens (tertiary/aromatic N) is 1. The van der Waals surface area contributed by atoms with E-state index in [9.17, 15) is 4.79 Å².